The summed E-state index contributed by atoms with van der Waals surface area (Å²) in [6, 6.07) is 5.40. The van der Waals surface area contributed by atoms with Gasteiger partial charge in [-0.2, -0.15) is 0 Å². The molecule has 1 atom stereocenters. The summed E-state index contributed by atoms with van der Waals surface area (Å²) in [6.07, 6.45) is 3.62. The van der Waals surface area contributed by atoms with E-state index >= 15 is 0 Å². The molecule has 3 aliphatic heterocycles. The Morgan fingerprint density at radius 2 is 2.06 bits per heavy atom. The molecule has 2 bridgehead atoms. The van der Waals surface area contributed by atoms with E-state index < -0.39 is 0 Å². The maximum Gasteiger partial charge on any atom is 0.118 e. The Morgan fingerprint density at radius 3 is 2.71 bits per heavy atom. The summed E-state index contributed by atoms with van der Waals surface area (Å²) < 4.78 is 0. The molecule has 3 heterocycles. The largest absolute Gasteiger partial charge is 0.508 e. The third-order valence-corrected chi connectivity index (χ3v) is 4.38. The zero-order chi connectivity index (χ0) is 11.8. The summed E-state index contributed by atoms with van der Waals surface area (Å²) in [5.41, 5.74) is 1.77. The fraction of sp³-hybridized carbons (Fsp3) is 0.571. The highest BCUT2D eigenvalue weighted by molar-refractivity contribution is 6.32. The number of fused-ring (bicyclic) bond motifs is 3. The maximum atomic E-state index is 9.87. The van der Waals surface area contributed by atoms with Crippen molar-refractivity contribution < 1.29 is 5.11 Å². The molecule has 2 radical (unpaired) electrons. The van der Waals surface area contributed by atoms with Crippen LogP contribution in [0.1, 0.15) is 18.4 Å². The van der Waals surface area contributed by atoms with Gasteiger partial charge in [0.25, 0.3) is 0 Å². The van der Waals surface area contributed by atoms with Crippen LogP contribution in [-0.2, 0) is 6.42 Å². The average molecular weight is 227 g/mol. The van der Waals surface area contributed by atoms with Crippen LogP contribution in [0.3, 0.4) is 0 Å². The number of hydrogen-bond acceptors (Lipinski definition) is 2. The van der Waals surface area contributed by atoms with Gasteiger partial charge >= 0.3 is 0 Å². The van der Waals surface area contributed by atoms with E-state index in [0.29, 0.717) is 11.7 Å². The van der Waals surface area contributed by atoms with Crippen LogP contribution in [0.5, 0.6) is 5.75 Å². The zero-order valence-electron chi connectivity index (χ0n) is 10.1. The molecule has 3 heteroatoms. The molecule has 0 spiro atoms. The van der Waals surface area contributed by atoms with Gasteiger partial charge in [-0.05, 0) is 55.8 Å². The molecule has 3 aliphatic rings. The van der Waals surface area contributed by atoms with Crippen LogP contribution in [0.2, 0.25) is 0 Å². The summed E-state index contributed by atoms with van der Waals surface area (Å²) >= 11 is 0. The number of benzene rings is 1. The minimum absolute atomic E-state index is 0.399. The lowest BCUT2D eigenvalue weighted by atomic mass is 9.76. The van der Waals surface area contributed by atoms with Gasteiger partial charge in [-0.1, -0.05) is 17.6 Å². The Kier molecular flexibility index (Phi) is 2.87. The van der Waals surface area contributed by atoms with E-state index in [1.165, 1.54) is 32.5 Å². The molecule has 0 amide bonds. The van der Waals surface area contributed by atoms with Crippen molar-refractivity contribution in [3.05, 3.63) is 23.8 Å². The summed E-state index contributed by atoms with van der Waals surface area (Å²) in [7, 11) is 5.79. The molecule has 0 aromatic heterocycles. The van der Waals surface area contributed by atoms with Gasteiger partial charge in [-0.15, -0.1) is 0 Å². The van der Waals surface area contributed by atoms with Gasteiger partial charge in [0.1, 0.15) is 13.6 Å². The number of hydrogen-bond donors (Lipinski definition) is 1. The van der Waals surface area contributed by atoms with Crippen molar-refractivity contribution in [1.29, 1.82) is 0 Å². The minimum atomic E-state index is 0.399. The van der Waals surface area contributed by atoms with Gasteiger partial charge in [0.05, 0.1) is 0 Å². The molecule has 3 fully saturated rings. The Morgan fingerprint density at radius 1 is 1.29 bits per heavy atom. The van der Waals surface area contributed by atoms with Crippen molar-refractivity contribution in [2.24, 2.45) is 11.8 Å². The van der Waals surface area contributed by atoms with Crippen molar-refractivity contribution >= 4 is 13.3 Å². The fourth-order valence-electron chi connectivity index (χ4n) is 3.37. The molecule has 2 nitrogen and oxygen atoms in total. The zero-order valence-corrected chi connectivity index (χ0v) is 10.1. The lowest BCUT2D eigenvalue weighted by molar-refractivity contribution is 0.0510. The molecule has 3 saturated heterocycles. The van der Waals surface area contributed by atoms with Crippen molar-refractivity contribution in [2.75, 3.05) is 19.6 Å². The number of aromatic hydroxyl groups is 1. The lowest BCUT2D eigenvalue weighted by Gasteiger charge is -2.45. The van der Waals surface area contributed by atoms with Crippen molar-refractivity contribution in [3.8, 4) is 5.75 Å². The topological polar surface area (TPSA) is 23.5 Å². The summed E-state index contributed by atoms with van der Waals surface area (Å²) in [4.78, 5) is 2.55. The molecule has 17 heavy (non-hydrogen) atoms. The normalized spacial score (nSPS) is 31.6. The quantitative estimate of drug-likeness (QED) is 0.764. The van der Waals surface area contributed by atoms with E-state index in [0.717, 1.165) is 23.4 Å². The van der Waals surface area contributed by atoms with E-state index in [1.807, 2.05) is 6.07 Å². The van der Waals surface area contributed by atoms with Gasteiger partial charge < -0.3 is 10.0 Å². The van der Waals surface area contributed by atoms with E-state index in [4.69, 9.17) is 7.85 Å². The molecule has 0 aliphatic carbocycles. The van der Waals surface area contributed by atoms with E-state index in [1.54, 1.807) is 12.1 Å². The maximum absolute atomic E-state index is 9.87. The summed E-state index contributed by atoms with van der Waals surface area (Å²) in [6.45, 7) is 3.73. The first-order valence-electron chi connectivity index (χ1n) is 6.52. The number of nitrogens with zero attached hydrogens (tertiary/aromatic N) is 1. The molecule has 4 rings (SSSR count). The van der Waals surface area contributed by atoms with Crippen LogP contribution in [0.15, 0.2) is 18.2 Å². The monoisotopic (exact) mass is 227 g/mol. The van der Waals surface area contributed by atoms with Crippen LogP contribution >= 0.6 is 0 Å². The summed E-state index contributed by atoms with van der Waals surface area (Å²) in [5.74, 6) is 1.95. The molecule has 1 N–H and O–H groups in total. The van der Waals surface area contributed by atoms with Crippen molar-refractivity contribution in [3.63, 3.8) is 0 Å². The van der Waals surface area contributed by atoms with Crippen LogP contribution in [0.25, 0.3) is 0 Å². The van der Waals surface area contributed by atoms with Crippen LogP contribution in [0, 0.1) is 11.8 Å². The highest BCUT2D eigenvalue weighted by atomic mass is 16.3. The second kappa shape index (κ2) is 4.38. The van der Waals surface area contributed by atoms with Gasteiger partial charge in [-0.3, -0.25) is 0 Å². The fourth-order valence-corrected chi connectivity index (χ4v) is 3.37. The van der Waals surface area contributed by atoms with Crippen LogP contribution < -0.4 is 5.46 Å². The highest BCUT2D eigenvalue weighted by Gasteiger charge is 2.34. The summed E-state index contributed by atoms with van der Waals surface area (Å²) in [5, 5.41) is 9.87. The first-order chi connectivity index (χ1) is 8.22. The van der Waals surface area contributed by atoms with Gasteiger partial charge in [0.2, 0.25) is 0 Å². The molecule has 1 aromatic rings. The molecular weight excluding hydrogens is 209 g/mol. The van der Waals surface area contributed by atoms with Crippen LogP contribution in [0.4, 0.5) is 0 Å². The Labute approximate surface area is 104 Å². The lowest BCUT2D eigenvalue weighted by Crippen LogP contribution is -2.48. The molecule has 1 aromatic carbocycles. The number of phenols is 1. The van der Waals surface area contributed by atoms with Gasteiger partial charge in [0.15, 0.2) is 0 Å². The van der Waals surface area contributed by atoms with Crippen LogP contribution in [-0.4, -0.2) is 37.5 Å². The average Bonchev–Trinajstić information content (AvgIpc) is 2.35. The highest BCUT2D eigenvalue weighted by Crippen LogP contribution is 2.35. The first kappa shape index (κ1) is 11.2. The minimum Gasteiger partial charge on any atom is -0.508 e. The standard InChI is InChI=1S/C14H18BNO/c15-13-1-2-14(17)11(8-13)7-12-9-16-5-3-10(12)4-6-16/h1-2,8,10,12,17H,3-7,9H2/t12-/m1/s1. The van der Waals surface area contributed by atoms with Gasteiger partial charge in [-0.25, -0.2) is 0 Å². The smallest absolute Gasteiger partial charge is 0.118 e. The van der Waals surface area contributed by atoms with E-state index in [9.17, 15) is 5.11 Å². The SMILES string of the molecule is [B]c1ccc(O)c(C[C@@H]2CN3CCC2CC3)c1. The first-order valence-corrected chi connectivity index (χ1v) is 6.52. The number of piperidine rings is 3. The Balaban J connectivity index is 1.76. The van der Waals surface area contributed by atoms with Crippen molar-refractivity contribution in [1.82, 2.24) is 4.90 Å². The molecular formula is C14H18BNO. The molecule has 0 unspecified atom stereocenters. The third kappa shape index (κ3) is 2.21. The third-order valence-electron chi connectivity index (χ3n) is 4.38. The number of rotatable bonds is 2. The van der Waals surface area contributed by atoms with Crippen molar-refractivity contribution in [2.45, 2.75) is 19.3 Å². The predicted octanol–water partition coefficient (Wildman–Crippen LogP) is 1.07. The van der Waals surface area contributed by atoms with E-state index in [-0.39, 0.29) is 0 Å². The van der Waals surface area contributed by atoms with E-state index in [2.05, 4.69) is 4.90 Å². The second-order valence-electron chi connectivity index (χ2n) is 5.49. The molecule has 0 saturated carbocycles. The van der Waals surface area contributed by atoms with Gasteiger partial charge in [0, 0.05) is 6.54 Å². The molecule has 88 valence electrons. The number of phenolic OH excluding ortho intramolecular Hbond substituents is 1. The Hall–Kier alpha value is -0.955. The Bertz CT molecular complexity index is 413. The predicted molar refractivity (Wildman–Crippen MR) is 69.9 cm³/mol. The second-order valence-corrected chi connectivity index (χ2v) is 5.49.